The molecule has 6 rings (SSSR count). The average molecular weight is 415 g/mol. The van der Waals surface area contributed by atoms with Crippen molar-refractivity contribution in [1.82, 2.24) is 0 Å². The second-order valence-corrected chi connectivity index (χ2v) is 9.18. The molecule has 126 valence electrons. The van der Waals surface area contributed by atoms with E-state index in [4.69, 9.17) is 4.99 Å². The molecule has 5 aliphatic rings. The lowest BCUT2D eigenvalue weighted by atomic mass is 9.68. The predicted molar refractivity (Wildman–Crippen MR) is 101 cm³/mol. The third-order valence-electron chi connectivity index (χ3n) is 5.74. The third-order valence-corrected chi connectivity index (χ3v) is 7.78. The Kier molecular flexibility index (Phi) is 2.66. The van der Waals surface area contributed by atoms with Gasteiger partial charge in [0.1, 0.15) is 11.5 Å². The standard InChI is InChI=1S/C18H13BrN3O2S/c19-8-4-18-5-11(25-10(18)3-9(8)23)22-16-13(18)14-12-7(1-2-20-14)6-21-15(12)17(16)24/h4,6,11,22,24H,1-3,5H2/q-1/t11?,18-/m0/s1. The topological polar surface area (TPSA) is 74.0 Å². The maximum Gasteiger partial charge on any atom is 0.165 e. The first-order valence-corrected chi connectivity index (χ1v) is 9.98. The Morgan fingerprint density at radius 1 is 1.48 bits per heavy atom. The van der Waals surface area contributed by atoms with Crippen molar-refractivity contribution in [2.24, 2.45) is 9.98 Å². The van der Waals surface area contributed by atoms with Crippen LogP contribution in [0.4, 0.5) is 11.4 Å². The van der Waals surface area contributed by atoms with Gasteiger partial charge in [0.15, 0.2) is 5.75 Å². The van der Waals surface area contributed by atoms with E-state index in [0.29, 0.717) is 16.6 Å². The van der Waals surface area contributed by atoms with Crippen LogP contribution in [0.25, 0.3) is 5.57 Å². The molecule has 0 amide bonds. The number of carbonyl (C=O) groups excluding carboxylic acids is 1. The molecule has 0 radical (unpaired) electrons. The molecular formula is C18H13BrN3O2S-. The van der Waals surface area contributed by atoms with Gasteiger partial charge in [-0.3, -0.25) is 14.8 Å². The van der Waals surface area contributed by atoms with Crippen LogP contribution in [0.5, 0.6) is 5.75 Å². The number of halogens is 1. The first-order valence-electron chi connectivity index (χ1n) is 8.31. The summed E-state index contributed by atoms with van der Waals surface area (Å²) in [6.07, 6.45) is 6.07. The van der Waals surface area contributed by atoms with Gasteiger partial charge >= 0.3 is 0 Å². The van der Waals surface area contributed by atoms with Gasteiger partial charge in [0.05, 0.1) is 15.5 Å². The molecule has 2 bridgehead atoms. The largest absolute Gasteiger partial charge is 0.504 e. The second kappa shape index (κ2) is 4.57. The Bertz CT molecular complexity index is 1080. The lowest BCUT2D eigenvalue weighted by molar-refractivity contribution is -0.114. The Labute approximate surface area is 156 Å². The molecule has 4 aliphatic heterocycles. The van der Waals surface area contributed by atoms with Crippen LogP contribution in [0.3, 0.4) is 0 Å². The Balaban J connectivity index is 1.79. The summed E-state index contributed by atoms with van der Waals surface area (Å²) < 4.78 is 0.633. The molecule has 1 spiro atoms. The normalized spacial score (nSPS) is 31.1. The number of phenolic OH excluding ortho intramolecular Hbond substituents is 1. The van der Waals surface area contributed by atoms with Crippen molar-refractivity contribution in [3.63, 3.8) is 0 Å². The monoisotopic (exact) mass is 414 g/mol. The van der Waals surface area contributed by atoms with Gasteiger partial charge in [-0.1, -0.05) is 11.5 Å². The van der Waals surface area contributed by atoms with Crippen molar-refractivity contribution in [2.45, 2.75) is 30.1 Å². The van der Waals surface area contributed by atoms with Crippen LogP contribution in [0.2, 0.25) is 0 Å². The number of hydrogen-bond acceptors (Lipinski definition) is 6. The number of hydrogen-bond donors (Lipinski definition) is 2. The van der Waals surface area contributed by atoms with E-state index < -0.39 is 0 Å². The summed E-state index contributed by atoms with van der Waals surface area (Å²) in [6, 6.07) is 0. The average Bonchev–Trinajstić information content (AvgIpc) is 3.13. The molecule has 1 aliphatic carbocycles. The molecule has 5 nitrogen and oxygen atoms in total. The zero-order chi connectivity index (χ0) is 16.9. The lowest BCUT2D eigenvalue weighted by Crippen LogP contribution is -2.46. The van der Waals surface area contributed by atoms with E-state index >= 15 is 0 Å². The van der Waals surface area contributed by atoms with Gasteiger partial charge in [0.2, 0.25) is 0 Å². The fourth-order valence-electron chi connectivity index (χ4n) is 4.70. The number of Topliss-reactive ketones (excluding diaryl/α,β-unsaturated/α-hetero) is 1. The minimum Gasteiger partial charge on any atom is -0.504 e. The van der Waals surface area contributed by atoms with Crippen molar-refractivity contribution in [1.29, 1.82) is 0 Å². The van der Waals surface area contributed by atoms with Crippen molar-refractivity contribution in [3.05, 3.63) is 31.9 Å². The van der Waals surface area contributed by atoms with Crippen LogP contribution >= 0.6 is 27.7 Å². The summed E-state index contributed by atoms with van der Waals surface area (Å²) in [5, 5.41) is 17.6. The van der Waals surface area contributed by atoms with E-state index in [2.05, 4.69) is 26.2 Å². The Hall–Kier alpha value is -1.60. The number of allylic oxidation sites excluding steroid dienone is 2. The van der Waals surface area contributed by atoms with Gasteiger partial charge < -0.3 is 22.2 Å². The quantitative estimate of drug-likeness (QED) is 0.504. The highest BCUT2D eigenvalue weighted by Gasteiger charge is 2.47. The molecule has 1 unspecified atom stereocenters. The number of fused-ring (bicyclic) bond motifs is 3. The summed E-state index contributed by atoms with van der Waals surface area (Å²) >= 11 is 5.18. The molecular weight excluding hydrogens is 402 g/mol. The Morgan fingerprint density at radius 3 is 3.24 bits per heavy atom. The van der Waals surface area contributed by atoms with Crippen LogP contribution in [0.1, 0.15) is 24.8 Å². The van der Waals surface area contributed by atoms with Gasteiger partial charge in [-0.2, -0.15) is 0 Å². The first-order chi connectivity index (χ1) is 12.1. The van der Waals surface area contributed by atoms with Crippen LogP contribution in [0, 0.1) is 5.25 Å². The van der Waals surface area contributed by atoms with Crippen LogP contribution < -0.4 is 15.9 Å². The molecule has 1 aromatic carbocycles. The molecule has 1 fully saturated rings. The zero-order valence-corrected chi connectivity index (χ0v) is 15.5. The summed E-state index contributed by atoms with van der Waals surface area (Å²) in [7, 11) is 0. The minimum absolute atomic E-state index is 0.119. The summed E-state index contributed by atoms with van der Waals surface area (Å²) in [4.78, 5) is 21.5. The Morgan fingerprint density at radius 2 is 2.36 bits per heavy atom. The fraction of sp³-hybridized carbons (Fsp3) is 0.333. The van der Waals surface area contributed by atoms with Gasteiger partial charge in [-0.05, 0) is 39.9 Å². The van der Waals surface area contributed by atoms with Crippen LogP contribution in [0.15, 0.2) is 20.5 Å². The number of thioether (sulfide) groups is 1. The predicted octanol–water partition coefficient (Wildman–Crippen LogP) is 2.19. The van der Waals surface area contributed by atoms with E-state index in [9.17, 15) is 9.90 Å². The first kappa shape index (κ1) is 14.6. The lowest BCUT2D eigenvalue weighted by Gasteiger charge is -2.48. The molecule has 1 aromatic rings. The SMILES string of the molecule is O=C1C[C-]2SC3C[C@]2(C=C1Br)c1c(c(O)c2c4c1=NCCC=4C=N2)N3. The number of aromatic hydroxyl groups is 1. The van der Waals surface area contributed by atoms with Gasteiger partial charge in [-0.15, -0.1) is 6.42 Å². The maximum absolute atomic E-state index is 12.2. The maximum atomic E-state index is 12.2. The van der Waals surface area contributed by atoms with Crippen LogP contribution in [-0.4, -0.2) is 29.0 Å². The fourth-order valence-corrected chi connectivity index (χ4v) is 6.77. The smallest absolute Gasteiger partial charge is 0.165 e. The molecule has 0 aromatic heterocycles. The summed E-state index contributed by atoms with van der Waals surface area (Å²) in [5.74, 6) is 0.332. The zero-order valence-electron chi connectivity index (χ0n) is 13.1. The number of aliphatic imine (C=N–C) groups is 1. The summed E-state index contributed by atoms with van der Waals surface area (Å²) in [5.41, 5.74) is 3.20. The highest BCUT2D eigenvalue weighted by atomic mass is 79.9. The molecule has 2 atom stereocenters. The van der Waals surface area contributed by atoms with Gasteiger partial charge in [-0.25, -0.2) is 5.25 Å². The van der Waals surface area contributed by atoms with E-state index in [-0.39, 0.29) is 22.3 Å². The highest BCUT2D eigenvalue weighted by Crippen LogP contribution is 2.63. The van der Waals surface area contributed by atoms with E-state index in [1.54, 1.807) is 11.8 Å². The molecule has 7 heteroatoms. The molecule has 0 saturated carbocycles. The second-order valence-electron chi connectivity index (χ2n) is 7.03. The van der Waals surface area contributed by atoms with E-state index in [1.165, 1.54) is 0 Å². The van der Waals surface area contributed by atoms with Crippen molar-refractivity contribution >= 4 is 56.6 Å². The third kappa shape index (κ3) is 1.64. The number of ketones is 1. The van der Waals surface area contributed by atoms with Crippen LogP contribution in [-0.2, 0) is 10.2 Å². The molecule has 4 heterocycles. The number of nitrogens with one attached hydrogen (secondary N) is 1. The number of carbonyl (C=O) groups is 1. The van der Waals surface area contributed by atoms with E-state index in [1.807, 2.05) is 12.3 Å². The molecule has 2 N–H and O–H groups in total. The molecule has 25 heavy (non-hydrogen) atoms. The van der Waals surface area contributed by atoms with Gasteiger partial charge in [0, 0.05) is 23.4 Å². The van der Waals surface area contributed by atoms with Crippen molar-refractivity contribution < 1.29 is 9.90 Å². The highest BCUT2D eigenvalue weighted by molar-refractivity contribution is 9.12. The number of nitrogens with zero attached hydrogens (tertiary/aromatic N) is 2. The van der Waals surface area contributed by atoms with E-state index in [0.717, 1.165) is 52.0 Å². The van der Waals surface area contributed by atoms with Crippen molar-refractivity contribution in [3.8, 4) is 5.75 Å². The number of phenols is 1. The van der Waals surface area contributed by atoms with Gasteiger partial charge in [0.25, 0.3) is 0 Å². The minimum atomic E-state index is -0.348. The van der Waals surface area contributed by atoms with Crippen molar-refractivity contribution in [2.75, 3.05) is 11.9 Å². The number of rotatable bonds is 0. The number of anilines is 1. The summed E-state index contributed by atoms with van der Waals surface area (Å²) in [6.45, 7) is 0.733. The number of benzene rings is 1. The molecule has 1 saturated heterocycles.